The molecule has 0 spiro atoms. The zero-order valence-electron chi connectivity index (χ0n) is 18.3. The average Bonchev–Trinajstić information content (AvgIpc) is 2.77. The largest absolute Gasteiger partial charge is 0.381 e. The second-order valence-corrected chi connectivity index (χ2v) is 7.38. The van der Waals surface area contributed by atoms with E-state index in [2.05, 4.69) is 37.8 Å². The molecule has 1 aromatic heterocycles. The number of ether oxygens (including phenoxy) is 1. The van der Waals surface area contributed by atoms with Crippen LogP contribution in [-0.2, 0) is 16.0 Å². The van der Waals surface area contributed by atoms with E-state index >= 15 is 0 Å². The summed E-state index contributed by atoms with van der Waals surface area (Å²) in [6.07, 6.45) is 2.37. The maximum Gasteiger partial charge on any atom is 0.271 e. The van der Waals surface area contributed by atoms with Gasteiger partial charge in [0.05, 0.1) is 12.2 Å². The predicted octanol–water partition coefficient (Wildman–Crippen LogP) is 1.96. The van der Waals surface area contributed by atoms with Crippen LogP contribution in [-0.4, -0.2) is 47.6 Å². The Morgan fingerprint density at radius 2 is 2.00 bits per heavy atom. The van der Waals surface area contributed by atoms with Crippen molar-refractivity contribution in [3.63, 3.8) is 0 Å². The lowest BCUT2D eigenvalue weighted by molar-refractivity contribution is -0.118. The van der Waals surface area contributed by atoms with Crippen LogP contribution in [0.5, 0.6) is 0 Å². The summed E-state index contributed by atoms with van der Waals surface area (Å²) in [5, 5.41) is 9.23. The molecule has 5 N–H and O–H groups in total. The minimum atomic E-state index is -0.654. The topological polar surface area (TPSA) is 131 Å². The summed E-state index contributed by atoms with van der Waals surface area (Å²) in [4.78, 5) is 32.2. The van der Waals surface area contributed by atoms with Crippen molar-refractivity contribution in [1.29, 1.82) is 0 Å². The number of amides is 2. The van der Waals surface area contributed by atoms with Crippen LogP contribution in [0.25, 0.3) is 0 Å². The standard InChI is InChI=1S/C23H28N6O3/c1-3-19-22(26-17-9-12-32-13-10-17)29-23(20(28-19)21(24)31)27-18-8-4-6-16(14-18)7-5-11-25-15(2)30/h4,6,8,14,17H,3,9-13H2,1-2H3,(H2,24,31)(H,25,30)(H2,26,27,29). The Bertz CT molecular complexity index is 1040. The number of aryl methyl sites for hydroxylation is 1. The molecule has 9 heteroatoms. The van der Waals surface area contributed by atoms with Crippen LogP contribution in [0.2, 0.25) is 0 Å². The number of nitrogens with one attached hydrogen (secondary N) is 3. The minimum absolute atomic E-state index is 0.0847. The monoisotopic (exact) mass is 436 g/mol. The molecule has 1 aliphatic heterocycles. The highest BCUT2D eigenvalue weighted by Crippen LogP contribution is 2.24. The number of rotatable bonds is 7. The summed E-state index contributed by atoms with van der Waals surface area (Å²) in [5.41, 5.74) is 7.80. The van der Waals surface area contributed by atoms with Gasteiger partial charge >= 0.3 is 0 Å². The number of nitrogens with zero attached hydrogens (tertiary/aromatic N) is 2. The molecular formula is C23H28N6O3. The highest BCUT2D eigenvalue weighted by molar-refractivity contribution is 5.96. The number of anilines is 3. The van der Waals surface area contributed by atoms with Crippen molar-refractivity contribution in [3.05, 3.63) is 41.2 Å². The molecule has 32 heavy (non-hydrogen) atoms. The highest BCUT2D eigenvalue weighted by atomic mass is 16.5. The van der Waals surface area contributed by atoms with Crippen LogP contribution in [0, 0.1) is 11.8 Å². The first-order chi connectivity index (χ1) is 15.5. The van der Waals surface area contributed by atoms with E-state index in [1.165, 1.54) is 6.92 Å². The van der Waals surface area contributed by atoms with E-state index in [4.69, 9.17) is 10.5 Å². The number of nitrogens with two attached hydrogens (primary N) is 1. The predicted molar refractivity (Wildman–Crippen MR) is 123 cm³/mol. The summed E-state index contributed by atoms with van der Waals surface area (Å²) in [6, 6.07) is 7.59. The number of hydrogen-bond donors (Lipinski definition) is 4. The molecule has 1 aromatic carbocycles. The first-order valence-electron chi connectivity index (χ1n) is 10.6. The average molecular weight is 437 g/mol. The Balaban J connectivity index is 1.85. The van der Waals surface area contributed by atoms with Crippen LogP contribution in [0.15, 0.2) is 24.3 Å². The molecular weight excluding hydrogens is 408 g/mol. The SMILES string of the molecule is CCc1nc(C(N)=O)c(Nc2cccc(C#CCNC(C)=O)c2)nc1NC1CCOCC1. The van der Waals surface area contributed by atoms with Gasteiger partial charge < -0.3 is 26.4 Å². The van der Waals surface area contributed by atoms with Crippen molar-refractivity contribution in [2.75, 3.05) is 30.4 Å². The second-order valence-electron chi connectivity index (χ2n) is 7.38. The Morgan fingerprint density at radius 3 is 2.69 bits per heavy atom. The normalized spacial score (nSPS) is 13.6. The fourth-order valence-corrected chi connectivity index (χ4v) is 3.25. The van der Waals surface area contributed by atoms with Crippen molar-refractivity contribution in [2.24, 2.45) is 5.73 Å². The summed E-state index contributed by atoms with van der Waals surface area (Å²) >= 11 is 0. The summed E-state index contributed by atoms with van der Waals surface area (Å²) in [5.74, 6) is 6.02. The Labute approximate surface area is 187 Å². The van der Waals surface area contributed by atoms with Gasteiger partial charge in [0.2, 0.25) is 5.91 Å². The van der Waals surface area contributed by atoms with Gasteiger partial charge in [-0.25, -0.2) is 9.97 Å². The van der Waals surface area contributed by atoms with Gasteiger partial charge in [-0.15, -0.1) is 0 Å². The molecule has 1 aliphatic rings. The number of primary amides is 1. The van der Waals surface area contributed by atoms with Gasteiger partial charge in [0.15, 0.2) is 17.3 Å². The van der Waals surface area contributed by atoms with Crippen LogP contribution >= 0.6 is 0 Å². The summed E-state index contributed by atoms with van der Waals surface area (Å²) in [7, 11) is 0. The number of carbonyl (C=O) groups is 2. The number of aromatic nitrogens is 2. The molecule has 2 amide bonds. The van der Waals surface area contributed by atoms with E-state index in [-0.39, 0.29) is 30.0 Å². The first-order valence-corrected chi connectivity index (χ1v) is 10.6. The second kappa shape index (κ2) is 11.1. The quantitative estimate of drug-likeness (QED) is 0.488. The molecule has 9 nitrogen and oxygen atoms in total. The molecule has 1 fully saturated rings. The molecule has 2 heterocycles. The van der Waals surface area contributed by atoms with E-state index in [9.17, 15) is 9.59 Å². The molecule has 0 bridgehead atoms. The van der Waals surface area contributed by atoms with Crippen molar-refractivity contribution in [1.82, 2.24) is 15.3 Å². The van der Waals surface area contributed by atoms with E-state index in [1.54, 1.807) is 0 Å². The fourth-order valence-electron chi connectivity index (χ4n) is 3.25. The Hall–Kier alpha value is -3.64. The van der Waals surface area contributed by atoms with Crippen LogP contribution in [0.1, 0.15) is 48.4 Å². The van der Waals surface area contributed by atoms with Gasteiger partial charge in [0, 0.05) is 37.4 Å². The minimum Gasteiger partial charge on any atom is -0.381 e. The van der Waals surface area contributed by atoms with Gasteiger partial charge in [0.25, 0.3) is 5.91 Å². The van der Waals surface area contributed by atoms with Gasteiger partial charge in [-0.2, -0.15) is 0 Å². The summed E-state index contributed by atoms with van der Waals surface area (Å²) in [6.45, 7) is 5.07. The lowest BCUT2D eigenvalue weighted by Gasteiger charge is -2.25. The van der Waals surface area contributed by atoms with Crippen molar-refractivity contribution in [2.45, 2.75) is 39.2 Å². The van der Waals surface area contributed by atoms with Gasteiger partial charge in [0.1, 0.15) is 0 Å². The third-order valence-electron chi connectivity index (χ3n) is 4.88. The van der Waals surface area contributed by atoms with Crippen LogP contribution in [0.3, 0.4) is 0 Å². The highest BCUT2D eigenvalue weighted by Gasteiger charge is 2.20. The maximum atomic E-state index is 12.1. The van der Waals surface area contributed by atoms with Crippen LogP contribution in [0.4, 0.5) is 17.3 Å². The van der Waals surface area contributed by atoms with E-state index in [0.29, 0.717) is 36.8 Å². The number of benzene rings is 1. The molecule has 0 aliphatic carbocycles. The Morgan fingerprint density at radius 1 is 1.22 bits per heavy atom. The molecule has 0 radical (unpaired) electrons. The number of carbonyl (C=O) groups excluding carboxylic acids is 2. The summed E-state index contributed by atoms with van der Waals surface area (Å²) < 4.78 is 5.42. The van der Waals surface area contributed by atoms with Crippen molar-refractivity contribution in [3.8, 4) is 11.8 Å². The third-order valence-corrected chi connectivity index (χ3v) is 4.88. The van der Waals surface area contributed by atoms with Crippen molar-refractivity contribution < 1.29 is 14.3 Å². The van der Waals surface area contributed by atoms with E-state index < -0.39 is 5.91 Å². The van der Waals surface area contributed by atoms with Crippen molar-refractivity contribution >= 4 is 29.1 Å². The zero-order chi connectivity index (χ0) is 22.9. The molecule has 168 valence electrons. The lowest BCUT2D eigenvalue weighted by Crippen LogP contribution is -2.29. The molecule has 0 atom stereocenters. The van der Waals surface area contributed by atoms with Crippen LogP contribution < -0.4 is 21.7 Å². The zero-order valence-corrected chi connectivity index (χ0v) is 18.3. The lowest BCUT2D eigenvalue weighted by atomic mass is 10.1. The molecule has 1 saturated heterocycles. The van der Waals surface area contributed by atoms with E-state index in [0.717, 1.165) is 18.4 Å². The molecule has 2 aromatic rings. The fraction of sp³-hybridized carbons (Fsp3) is 0.391. The van der Waals surface area contributed by atoms with Gasteiger partial charge in [-0.05, 0) is 37.5 Å². The van der Waals surface area contributed by atoms with E-state index in [1.807, 2.05) is 31.2 Å². The Kier molecular flexibility index (Phi) is 8.00. The molecule has 0 saturated carbocycles. The first kappa shape index (κ1) is 23.0. The number of hydrogen-bond acceptors (Lipinski definition) is 7. The molecule has 3 rings (SSSR count). The maximum absolute atomic E-state index is 12.1. The smallest absolute Gasteiger partial charge is 0.271 e. The van der Waals surface area contributed by atoms with Gasteiger partial charge in [-0.1, -0.05) is 24.8 Å². The molecule has 0 unspecified atom stereocenters. The van der Waals surface area contributed by atoms with Gasteiger partial charge in [-0.3, -0.25) is 9.59 Å². The third kappa shape index (κ3) is 6.43.